The maximum absolute atomic E-state index is 11.5. The molecule has 0 radical (unpaired) electrons. The van der Waals surface area contributed by atoms with Gasteiger partial charge in [0.25, 0.3) is 0 Å². The van der Waals surface area contributed by atoms with Crippen LogP contribution in [-0.2, 0) is 14.4 Å². The van der Waals surface area contributed by atoms with E-state index >= 15 is 0 Å². The molecule has 0 spiro atoms. The minimum Gasteiger partial charge on any atom is -0.480 e. The molecule has 19 heavy (non-hydrogen) atoms. The zero-order valence-corrected chi connectivity index (χ0v) is 11.6. The predicted octanol–water partition coefficient (Wildman–Crippen LogP) is -0.545. The summed E-state index contributed by atoms with van der Waals surface area (Å²) < 4.78 is 0. The molecule has 1 unspecified atom stereocenters. The number of carboxylic acids is 1. The Morgan fingerprint density at radius 3 is 2.26 bits per heavy atom. The first-order valence-electron chi connectivity index (χ1n) is 6.35. The molecule has 5 N–H and O–H groups in total. The highest BCUT2D eigenvalue weighted by molar-refractivity contribution is 5.89. The van der Waals surface area contributed by atoms with Crippen LogP contribution in [0.3, 0.4) is 0 Å². The Labute approximate surface area is 112 Å². The summed E-state index contributed by atoms with van der Waals surface area (Å²) in [5.41, 5.74) is 5.61. The van der Waals surface area contributed by atoms with E-state index in [2.05, 4.69) is 10.6 Å². The summed E-state index contributed by atoms with van der Waals surface area (Å²) in [6.45, 7) is 5.15. The zero-order chi connectivity index (χ0) is 15.0. The lowest BCUT2D eigenvalue weighted by molar-refractivity contribution is -0.141. The molecule has 0 saturated heterocycles. The summed E-state index contributed by atoms with van der Waals surface area (Å²) in [6, 6.07) is -1.60. The predicted molar refractivity (Wildman–Crippen MR) is 70.3 cm³/mol. The first-order chi connectivity index (χ1) is 8.79. The fourth-order valence-corrected chi connectivity index (χ4v) is 1.38. The smallest absolute Gasteiger partial charge is 0.326 e. The van der Waals surface area contributed by atoms with E-state index in [9.17, 15) is 14.4 Å². The van der Waals surface area contributed by atoms with Gasteiger partial charge < -0.3 is 21.5 Å². The highest BCUT2D eigenvalue weighted by Crippen LogP contribution is 1.98. The third-order valence-electron chi connectivity index (χ3n) is 2.65. The molecule has 0 aliphatic heterocycles. The molecule has 0 bridgehead atoms. The van der Waals surface area contributed by atoms with Crippen LogP contribution in [0.2, 0.25) is 0 Å². The van der Waals surface area contributed by atoms with Gasteiger partial charge in [0.15, 0.2) is 0 Å². The van der Waals surface area contributed by atoms with E-state index < -0.39 is 29.9 Å². The zero-order valence-electron chi connectivity index (χ0n) is 11.6. The number of carboxylic acid groups (broad SMARTS) is 1. The fraction of sp³-hybridized carbons (Fsp3) is 0.750. The van der Waals surface area contributed by atoms with Gasteiger partial charge in [-0.1, -0.05) is 27.2 Å². The SMILES string of the molecule is CCCC(NC(=O)CNC(=O)[C@@H](N)C(C)C)C(=O)O. The van der Waals surface area contributed by atoms with Gasteiger partial charge in [0.05, 0.1) is 12.6 Å². The molecular weight excluding hydrogens is 250 g/mol. The van der Waals surface area contributed by atoms with E-state index in [4.69, 9.17) is 10.8 Å². The second-order valence-corrected chi connectivity index (χ2v) is 4.73. The second-order valence-electron chi connectivity index (χ2n) is 4.73. The topological polar surface area (TPSA) is 122 Å². The Bertz CT molecular complexity index is 331. The number of carbonyl (C=O) groups is 3. The van der Waals surface area contributed by atoms with Crippen LogP contribution in [-0.4, -0.2) is 41.5 Å². The normalized spacial score (nSPS) is 13.7. The first-order valence-corrected chi connectivity index (χ1v) is 6.35. The van der Waals surface area contributed by atoms with Crippen LogP contribution in [0, 0.1) is 5.92 Å². The lowest BCUT2D eigenvalue weighted by Gasteiger charge is -2.16. The molecule has 0 aromatic rings. The minimum atomic E-state index is -1.08. The Hall–Kier alpha value is -1.63. The Balaban J connectivity index is 4.17. The number of rotatable bonds is 8. The van der Waals surface area contributed by atoms with Crippen LogP contribution in [0.5, 0.6) is 0 Å². The lowest BCUT2D eigenvalue weighted by atomic mass is 10.1. The Morgan fingerprint density at radius 1 is 1.26 bits per heavy atom. The summed E-state index contributed by atoms with van der Waals surface area (Å²) in [4.78, 5) is 33.8. The number of hydrogen-bond donors (Lipinski definition) is 4. The van der Waals surface area contributed by atoms with E-state index in [1.54, 1.807) is 13.8 Å². The minimum absolute atomic E-state index is 0.0325. The number of nitrogens with one attached hydrogen (secondary N) is 2. The standard InChI is InChI=1S/C12H23N3O4/c1-4-5-8(12(18)19)15-9(16)6-14-11(17)10(13)7(2)3/h7-8,10H,4-6,13H2,1-3H3,(H,14,17)(H,15,16)(H,18,19)/t8?,10-/m0/s1. The van der Waals surface area contributed by atoms with Crippen molar-refractivity contribution in [3.05, 3.63) is 0 Å². The van der Waals surface area contributed by atoms with Crippen molar-refractivity contribution in [2.45, 2.75) is 45.7 Å². The van der Waals surface area contributed by atoms with E-state index in [1.807, 2.05) is 6.92 Å². The number of aliphatic carboxylic acids is 1. The van der Waals surface area contributed by atoms with Crippen molar-refractivity contribution in [3.63, 3.8) is 0 Å². The number of amides is 2. The summed E-state index contributed by atoms with van der Waals surface area (Å²) in [5.74, 6) is -2.08. The first kappa shape index (κ1) is 17.4. The molecule has 0 rings (SSSR count). The average Bonchev–Trinajstić information content (AvgIpc) is 2.34. The molecule has 0 aliphatic rings. The van der Waals surface area contributed by atoms with Crippen LogP contribution in [0.15, 0.2) is 0 Å². The van der Waals surface area contributed by atoms with Crippen LogP contribution in [0.4, 0.5) is 0 Å². The van der Waals surface area contributed by atoms with Gasteiger partial charge in [-0.3, -0.25) is 9.59 Å². The van der Waals surface area contributed by atoms with Crippen molar-refractivity contribution in [1.82, 2.24) is 10.6 Å². The third-order valence-corrected chi connectivity index (χ3v) is 2.65. The van der Waals surface area contributed by atoms with Gasteiger partial charge in [0.2, 0.25) is 11.8 Å². The number of nitrogens with two attached hydrogens (primary N) is 1. The molecule has 2 atom stereocenters. The Kier molecular flexibility index (Phi) is 7.74. The summed E-state index contributed by atoms with van der Waals surface area (Å²) in [6.07, 6.45) is 0.988. The maximum Gasteiger partial charge on any atom is 0.326 e. The molecule has 2 amide bonds. The Morgan fingerprint density at radius 2 is 1.84 bits per heavy atom. The molecule has 7 nitrogen and oxygen atoms in total. The van der Waals surface area contributed by atoms with E-state index in [0.717, 1.165) is 0 Å². The van der Waals surface area contributed by atoms with Gasteiger partial charge in [-0.2, -0.15) is 0 Å². The monoisotopic (exact) mass is 273 g/mol. The largest absolute Gasteiger partial charge is 0.480 e. The van der Waals surface area contributed by atoms with Gasteiger partial charge in [-0.25, -0.2) is 4.79 Å². The summed E-state index contributed by atoms with van der Waals surface area (Å²) in [5, 5.41) is 13.6. The molecule has 0 aromatic heterocycles. The van der Waals surface area contributed by atoms with Crippen LogP contribution >= 0.6 is 0 Å². The highest BCUT2D eigenvalue weighted by atomic mass is 16.4. The van der Waals surface area contributed by atoms with Crippen molar-refractivity contribution in [1.29, 1.82) is 0 Å². The summed E-state index contributed by atoms with van der Waals surface area (Å²) >= 11 is 0. The molecule has 0 fully saturated rings. The number of carbonyl (C=O) groups excluding carboxylic acids is 2. The quantitative estimate of drug-likeness (QED) is 0.473. The average molecular weight is 273 g/mol. The van der Waals surface area contributed by atoms with Gasteiger partial charge in [-0.05, 0) is 12.3 Å². The van der Waals surface area contributed by atoms with Crippen molar-refractivity contribution in [2.24, 2.45) is 11.7 Å². The number of hydrogen-bond acceptors (Lipinski definition) is 4. The molecular formula is C12H23N3O4. The van der Waals surface area contributed by atoms with Crippen molar-refractivity contribution < 1.29 is 19.5 Å². The van der Waals surface area contributed by atoms with Gasteiger partial charge >= 0.3 is 5.97 Å². The second kappa shape index (κ2) is 8.47. The van der Waals surface area contributed by atoms with Crippen LogP contribution in [0.25, 0.3) is 0 Å². The van der Waals surface area contributed by atoms with Crippen molar-refractivity contribution >= 4 is 17.8 Å². The van der Waals surface area contributed by atoms with E-state index in [1.165, 1.54) is 0 Å². The van der Waals surface area contributed by atoms with Crippen molar-refractivity contribution in [2.75, 3.05) is 6.54 Å². The fourth-order valence-electron chi connectivity index (χ4n) is 1.38. The molecule has 0 aromatic carbocycles. The summed E-state index contributed by atoms with van der Waals surface area (Å²) in [7, 11) is 0. The van der Waals surface area contributed by atoms with Crippen LogP contribution < -0.4 is 16.4 Å². The van der Waals surface area contributed by atoms with E-state index in [-0.39, 0.29) is 12.5 Å². The molecule has 7 heteroatoms. The van der Waals surface area contributed by atoms with Crippen molar-refractivity contribution in [3.8, 4) is 0 Å². The highest BCUT2D eigenvalue weighted by Gasteiger charge is 2.21. The maximum atomic E-state index is 11.5. The molecule has 0 saturated carbocycles. The lowest BCUT2D eigenvalue weighted by Crippen LogP contribution is -2.49. The van der Waals surface area contributed by atoms with E-state index in [0.29, 0.717) is 12.8 Å². The van der Waals surface area contributed by atoms with Gasteiger partial charge in [0, 0.05) is 0 Å². The van der Waals surface area contributed by atoms with Gasteiger partial charge in [-0.15, -0.1) is 0 Å². The molecule has 0 heterocycles. The third kappa shape index (κ3) is 6.76. The molecule has 110 valence electrons. The van der Waals surface area contributed by atoms with Gasteiger partial charge in [0.1, 0.15) is 6.04 Å². The molecule has 0 aliphatic carbocycles. The van der Waals surface area contributed by atoms with Crippen LogP contribution in [0.1, 0.15) is 33.6 Å².